The van der Waals surface area contributed by atoms with Gasteiger partial charge in [-0.05, 0) is 56.7 Å². The summed E-state index contributed by atoms with van der Waals surface area (Å²) in [5.41, 5.74) is 2.79. The summed E-state index contributed by atoms with van der Waals surface area (Å²) in [5.74, 6) is 0.258. The number of nitrogens with zero attached hydrogens (tertiary/aromatic N) is 3. The van der Waals surface area contributed by atoms with E-state index in [9.17, 15) is 9.59 Å². The van der Waals surface area contributed by atoms with Crippen LogP contribution in [-0.4, -0.2) is 57.5 Å². The van der Waals surface area contributed by atoms with E-state index in [1.165, 1.54) is 0 Å². The average molecular weight is 354 g/mol. The molecule has 1 atom stereocenters. The Morgan fingerprint density at radius 3 is 2.65 bits per heavy atom. The Labute approximate surface area is 153 Å². The monoisotopic (exact) mass is 354 g/mol. The molecule has 1 unspecified atom stereocenters. The first-order chi connectivity index (χ1) is 12.4. The lowest BCUT2D eigenvalue weighted by Gasteiger charge is -2.39. The van der Waals surface area contributed by atoms with Crippen LogP contribution in [0.4, 0.5) is 0 Å². The molecule has 4 rings (SSSR count). The molecule has 0 radical (unpaired) electrons. The lowest BCUT2D eigenvalue weighted by Crippen LogP contribution is -2.44. The summed E-state index contributed by atoms with van der Waals surface area (Å²) < 4.78 is 0. The van der Waals surface area contributed by atoms with Gasteiger partial charge in [-0.1, -0.05) is 0 Å². The van der Waals surface area contributed by atoms with Gasteiger partial charge in [0.2, 0.25) is 5.91 Å². The molecule has 3 heterocycles. The fourth-order valence-electron chi connectivity index (χ4n) is 4.74. The second-order valence-corrected chi connectivity index (χ2v) is 8.07. The maximum Gasteiger partial charge on any atom is 0.253 e. The summed E-state index contributed by atoms with van der Waals surface area (Å²) in [6.07, 6.45) is 2.99. The van der Waals surface area contributed by atoms with Crippen LogP contribution in [0, 0.1) is 12.3 Å². The third-order valence-corrected chi connectivity index (χ3v) is 6.27. The largest absolute Gasteiger partial charge is 0.340 e. The molecule has 0 saturated carbocycles. The number of aromatic nitrogens is 2. The number of carbonyl (C=O) groups excluding carboxylic acids is 2. The van der Waals surface area contributed by atoms with E-state index >= 15 is 0 Å². The Morgan fingerprint density at radius 1 is 1.27 bits per heavy atom. The van der Waals surface area contributed by atoms with Crippen molar-refractivity contribution in [2.75, 3.05) is 19.6 Å². The minimum atomic E-state index is 0.0943. The maximum absolute atomic E-state index is 12.9. The minimum Gasteiger partial charge on any atom is -0.340 e. The molecule has 2 amide bonds. The second kappa shape index (κ2) is 6.11. The molecule has 1 aromatic heterocycles. The average Bonchev–Trinajstić information content (AvgIpc) is 3.15. The lowest BCUT2D eigenvalue weighted by atomic mass is 9.76. The smallest absolute Gasteiger partial charge is 0.253 e. The predicted molar refractivity (Wildman–Crippen MR) is 99.9 cm³/mol. The van der Waals surface area contributed by atoms with E-state index in [1.807, 2.05) is 34.9 Å². The number of carbonyl (C=O) groups is 2. The summed E-state index contributed by atoms with van der Waals surface area (Å²) in [6.45, 7) is 8.12. The molecule has 2 aromatic rings. The van der Waals surface area contributed by atoms with Crippen molar-refractivity contribution in [1.82, 2.24) is 20.0 Å². The first-order valence-electron chi connectivity index (χ1n) is 9.40. The highest BCUT2D eigenvalue weighted by atomic mass is 16.2. The molecular formula is C20H26N4O2. The van der Waals surface area contributed by atoms with Crippen molar-refractivity contribution >= 4 is 22.7 Å². The van der Waals surface area contributed by atoms with Crippen LogP contribution in [-0.2, 0) is 4.79 Å². The van der Waals surface area contributed by atoms with Gasteiger partial charge in [0.15, 0.2) is 0 Å². The van der Waals surface area contributed by atoms with Gasteiger partial charge in [0.05, 0.1) is 5.52 Å². The van der Waals surface area contributed by atoms with Gasteiger partial charge in [-0.25, -0.2) is 0 Å². The number of amides is 2. The van der Waals surface area contributed by atoms with Crippen LogP contribution in [0.15, 0.2) is 18.2 Å². The van der Waals surface area contributed by atoms with Gasteiger partial charge in [-0.15, -0.1) is 0 Å². The molecule has 0 bridgehead atoms. The van der Waals surface area contributed by atoms with Crippen molar-refractivity contribution in [3.63, 3.8) is 0 Å². The highest BCUT2D eigenvalue weighted by Crippen LogP contribution is 2.43. The van der Waals surface area contributed by atoms with Gasteiger partial charge in [0.25, 0.3) is 5.91 Å². The van der Waals surface area contributed by atoms with E-state index < -0.39 is 0 Å². The van der Waals surface area contributed by atoms with Gasteiger partial charge in [-0.2, -0.15) is 5.10 Å². The molecule has 138 valence electrons. The standard InChI is InChI=1S/C20H26N4O2/c1-13-11-20(12-24(13)15(3)25)6-8-23(9-7-20)19(26)16-4-5-18-17(10-16)14(2)21-22-18/h4-5,10,13H,6-9,11-12H2,1-3H3,(H,21,22). The molecule has 1 spiro atoms. The first-order valence-corrected chi connectivity index (χ1v) is 9.40. The predicted octanol–water partition coefficient (Wildman–Crippen LogP) is 2.73. The minimum absolute atomic E-state index is 0.0943. The maximum atomic E-state index is 12.9. The van der Waals surface area contributed by atoms with Gasteiger partial charge in [0.1, 0.15) is 0 Å². The SMILES string of the molecule is CC(=O)N1CC2(CCN(C(=O)c3ccc4n[nH]c(C)c4c3)CC2)CC1C. The Bertz CT molecular complexity index is 864. The van der Waals surface area contributed by atoms with Crippen molar-refractivity contribution in [3.8, 4) is 0 Å². The third-order valence-electron chi connectivity index (χ3n) is 6.27. The van der Waals surface area contributed by atoms with Crippen LogP contribution in [0.25, 0.3) is 10.9 Å². The normalized spacial score (nSPS) is 22.3. The summed E-state index contributed by atoms with van der Waals surface area (Å²) in [4.78, 5) is 28.7. The molecule has 2 aliphatic rings. The Balaban J connectivity index is 1.46. The highest BCUT2D eigenvalue weighted by molar-refractivity contribution is 5.98. The van der Waals surface area contributed by atoms with Crippen molar-refractivity contribution < 1.29 is 9.59 Å². The summed E-state index contributed by atoms with van der Waals surface area (Å²) in [5, 5.41) is 8.20. The Kier molecular flexibility index (Phi) is 4.01. The molecule has 0 aliphatic carbocycles. The van der Waals surface area contributed by atoms with Gasteiger partial charge < -0.3 is 9.80 Å². The van der Waals surface area contributed by atoms with Crippen LogP contribution in [0.5, 0.6) is 0 Å². The van der Waals surface area contributed by atoms with E-state index in [0.29, 0.717) is 6.04 Å². The molecule has 1 N–H and O–H groups in total. The molecule has 6 heteroatoms. The van der Waals surface area contributed by atoms with Crippen LogP contribution < -0.4 is 0 Å². The number of aromatic amines is 1. The molecule has 2 aliphatic heterocycles. The Hall–Kier alpha value is -2.37. The third kappa shape index (κ3) is 2.77. The molecule has 2 saturated heterocycles. The molecule has 1 aromatic carbocycles. The number of fused-ring (bicyclic) bond motifs is 1. The van der Waals surface area contributed by atoms with Crippen molar-refractivity contribution in [3.05, 3.63) is 29.5 Å². The zero-order valence-electron chi connectivity index (χ0n) is 15.7. The number of benzene rings is 1. The molecule has 2 fully saturated rings. The zero-order chi connectivity index (χ0) is 18.5. The van der Waals surface area contributed by atoms with E-state index in [2.05, 4.69) is 17.1 Å². The summed E-state index contributed by atoms with van der Waals surface area (Å²) >= 11 is 0. The second-order valence-electron chi connectivity index (χ2n) is 8.07. The zero-order valence-corrected chi connectivity index (χ0v) is 15.7. The number of piperidine rings is 1. The van der Waals surface area contributed by atoms with Crippen molar-refractivity contribution in [1.29, 1.82) is 0 Å². The Morgan fingerprint density at radius 2 is 2.00 bits per heavy atom. The summed E-state index contributed by atoms with van der Waals surface area (Å²) in [6, 6.07) is 6.02. The van der Waals surface area contributed by atoms with Crippen LogP contribution >= 0.6 is 0 Å². The van der Waals surface area contributed by atoms with Crippen LogP contribution in [0.2, 0.25) is 0 Å². The number of likely N-dealkylation sites (tertiary alicyclic amines) is 2. The molecule has 6 nitrogen and oxygen atoms in total. The summed E-state index contributed by atoms with van der Waals surface area (Å²) in [7, 11) is 0. The number of aryl methyl sites for hydroxylation is 1. The first kappa shape index (κ1) is 17.1. The van der Waals surface area contributed by atoms with E-state index in [4.69, 9.17) is 0 Å². The van der Waals surface area contributed by atoms with Gasteiger partial charge >= 0.3 is 0 Å². The van der Waals surface area contributed by atoms with Crippen LogP contribution in [0.3, 0.4) is 0 Å². The van der Waals surface area contributed by atoms with Gasteiger partial charge in [0, 0.05) is 49.2 Å². The topological polar surface area (TPSA) is 69.3 Å². The fourth-order valence-corrected chi connectivity index (χ4v) is 4.74. The number of rotatable bonds is 1. The molecular weight excluding hydrogens is 328 g/mol. The van der Waals surface area contributed by atoms with E-state index in [1.54, 1.807) is 6.92 Å². The number of hydrogen-bond donors (Lipinski definition) is 1. The fraction of sp³-hybridized carbons (Fsp3) is 0.550. The number of nitrogens with one attached hydrogen (secondary N) is 1. The van der Waals surface area contributed by atoms with E-state index in [0.717, 1.165) is 61.1 Å². The van der Waals surface area contributed by atoms with Crippen molar-refractivity contribution in [2.45, 2.75) is 46.1 Å². The lowest BCUT2D eigenvalue weighted by molar-refractivity contribution is -0.129. The number of H-pyrrole nitrogens is 1. The van der Waals surface area contributed by atoms with Crippen LogP contribution in [0.1, 0.15) is 49.2 Å². The number of hydrogen-bond acceptors (Lipinski definition) is 3. The van der Waals surface area contributed by atoms with E-state index in [-0.39, 0.29) is 17.2 Å². The van der Waals surface area contributed by atoms with Crippen molar-refractivity contribution in [2.24, 2.45) is 5.41 Å². The quantitative estimate of drug-likeness (QED) is 0.856. The highest BCUT2D eigenvalue weighted by Gasteiger charge is 2.45. The van der Waals surface area contributed by atoms with Gasteiger partial charge in [-0.3, -0.25) is 14.7 Å². The molecule has 26 heavy (non-hydrogen) atoms.